The van der Waals surface area contributed by atoms with E-state index in [2.05, 4.69) is 46.9 Å². The van der Waals surface area contributed by atoms with Crippen LogP contribution in [0, 0.1) is 12.7 Å². The molecule has 152 valence electrons. The van der Waals surface area contributed by atoms with Crippen molar-refractivity contribution in [1.29, 1.82) is 0 Å². The Hall–Kier alpha value is -2.41. The van der Waals surface area contributed by atoms with E-state index in [9.17, 15) is 9.18 Å². The number of hydrogen-bond acceptors (Lipinski definition) is 3. The highest BCUT2D eigenvalue weighted by Gasteiger charge is 2.08. The molecule has 1 aromatic carbocycles. The van der Waals surface area contributed by atoms with E-state index in [0.29, 0.717) is 18.7 Å². The van der Waals surface area contributed by atoms with Gasteiger partial charge in [-0.3, -0.25) is 9.79 Å². The highest BCUT2D eigenvalue weighted by Crippen LogP contribution is 2.16. The summed E-state index contributed by atoms with van der Waals surface area (Å²) in [4.78, 5) is 19.1. The fourth-order valence-corrected chi connectivity index (χ4v) is 3.78. The maximum atomic E-state index is 13.2. The zero-order chi connectivity index (χ0) is 20.4. The third-order valence-electron chi connectivity index (χ3n) is 3.99. The van der Waals surface area contributed by atoms with Crippen molar-refractivity contribution < 1.29 is 9.18 Å². The summed E-state index contributed by atoms with van der Waals surface area (Å²) in [5, 5.41) is 9.45. The zero-order valence-electron chi connectivity index (χ0n) is 16.7. The molecule has 3 N–H and O–H groups in total. The van der Waals surface area contributed by atoms with E-state index in [1.165, 1.54) is 21.9 Å². The minimum atomic E-state index is -0.330. The lowest BCUT2D eigenvalue weighted by Crippen LogP contribution is -2.43. The molecule has 0 spiro atoms. The monoisotopic (exact) mass is 404 g/mol. The van der Waals surface area contributed by atoms with Gasteiger partial charge in [-0.05, 0) is 50.6 Å². The Labute approximate surface area is 170 Å². The number of carbonyl (C=O) groups is 1. The number of guanidine groups is 1. The second-order valence-electron chi connectivity index (χ2n) is 6.68. The fourth-order valence-electron chi connectivity index (χ4n) is 2.76. The maximum Gasteiger partial charge on any atom is 0.224 e. The topological polar surface area (TPSA) is 65.5 Å². The molecule has 28 heavy (non-hydrogen) atoms. The molecular weight excluding hydrogens is 375 g/mol. The van der Waals surface area contributed by atoms with Crippen LogP contribution in [0.15, 0.2) is 41.4 Å². The molecule has 1 aromatic heterocycles. The second kappa shape index (κ2) is 11.4. The third-order valence-corrected chi connectivity index (χ3v) is 5.01. The van der Waals surface area contributed by atoms with E-state index >= 15 is 0 Å². The first-order chi connectivity index (χ1) is 13.5. The van der Waals surface area contributed by atoms with Crippen LogP contribution in [0.4, 0.5) is 4.39 Å². The quantitative estimate of drug-likeness (QED) is 0.342. The van der Waals surface area contributed by atoms with Gasteiger partial charge in [0.05, 0.1) is 13.0 Å². The Bertz CT molecular complexity index is 790. The molecule has 0 aliphatic rings. The summed E-state index contributed by atoms with van der Waals surface area (Å²) >= 11 is 1.81. The molecule has 0 saturated heterocycles. The first-order valence-corrected chi connectivity index (χ1v) is 10.4. The molecule has 0 radical (unpaired) electrons. The molecular formula is C21H29FN4OS. The third kappa shape index (κ3) is 8.08. The van der Waals surface area contributed by atoms with Crippen molar-refractivity contribution in [3.8, 4) is 0 Å². The second-order valence-corrected chi connectivity index (χ2v) is 8.05. The highest BCUT2D eigenvalue weighted by molar-refractivity contribution is 7.11. The number of rotatable bonds is 9. The van der Waals surface area contributed by atoms with E-state index in [1.807, 2.05) is 18.3 Å². The Balaban J connectivity index is 1.75. The standard InChI is InChI=1S/C21H29FN4OS/c1-4-23-21(26-15(2)12-19-9-8-16(3)28-19)25-11-10-24-20(27)14-17-6-5-7-18(22)13-17/h5-9,13,15H,4,10-12,14H2,1-3H3,(H,24,27)(H2,23,25,26). The summed E-state index contributed by atoms with van der Waals surface area (Å²) in [7, 11) is 0. The Morgan fingerprint density at radius 1 is 1.25 bits per heavy atom. The van der Waals surface area contributed by atoms with Gasteiger partial charge in [-0.1, -0.05) is 12.1 Å². The number of halogens is 1. The molecule has 5 nitrogen and oxygen atoms in total. The van der Waals surface area contributed by atoms with E-state index in [-0.39, 0.29) is 24.2 Å². The van der Waals surface area contributed by atoms with Crippen LogP contribution in [0.3, 0.4) is 0 Å². The number of thiophene rings is 1. The van der Waals surface area contributed by atoms with Gasteiger partial charge in [-0.15, -0.1) is 11.3 Å². The first-order valence-electron chi connectivity index (χ1n) is 9.57. The number of nitrogens with one attached hydrogen (secondary N) is 3. The molecule has 7 heteroatoms. The Morgan fingerprint density at radius 3 is 2.75 bits per heavy atom. The van der Waals surface area contributed by atoms with Crippen molar-refractivity contribution in [2.45, 2.75) is 39.7 Å². The molecule has 2 rings (SSSR count). The molecule has 1 heterocycles. The van der Waals surface area contributed by atoms with Crippen molar-refractivity contribution in [1.82, 2.24) is 16.0 Å². The van der Waals surface area contributed by atoms with E-state index in [1.54, 1.807) is 12.1 Å². The van der Waals surface area contributed by atoms with Crippen LogP contribution in [0.1, 0.15) is 29.2 Å². The number of benzene rings is 1. The largest absolute Gasteiger partial charge is 0.357 e. The van der Waals surface area contributed by atoms with Crippen LogP contribution in [0.25, 0.3) is 0 Å². The Morgan fingerprint density at radius 2 is 2.07 bits per heavy atom. The van der Waals surface area contributed by atoms with Gasteiger partial charge in [0, 0.05) is 35.3 Å². The first kappa shape index (κ1) is 21.9. The van der Waals surface area contributed by atoms with Crippen molar-refractivity contribution in [2.24, 2.45) is 4.99 Å². The predicted molar refractivity (Wildman–Crippen MR) is 114 cm³/mol. The lowest BCUT2D eigenvalue weighted by molar-refractivity contribution is -0.120. The van der Waals surface area contributed by atoms with E-state index in [0.717, 1.165) is 18.9 Å². The molecule has 0 saturated carbocycles. The van der Waals surface area contributed by atoms with Crippen LogP contribution in [0.2, 0.25) is 0 Å². The van der Waals surface area contributed by atoms with Crippen LogP contribution in [0.5, 0.6) is 0 Å². The summed E-state index contributed by atoms with van der Waals surface area (Å²) in [6.07, 6.45) is 1.10. The average molecular weight is 405 g/mol. The van der Waals surface area contributed by atoms with E-state index in [4.69, 9.17) is 0 Å². The van der Waals surface area contributed by atoms with Gasteiger partial charge in [0.15, 0.2) is 5.96 Å². The molecule has 1 amide bonds. The lowest BCUT2D eigenvalue weighted by atomic mass is 10.1. The van der Waals surface area contributed by atoms with Crippen molar-refractivity contribution in [3.05, 3.63) is 57.5 Å². The summed E-state index contributed by atoms with van der Waals surface area (Å²) in [5.41, 5.74) is 0.661. The van der Waals surface area contributed by atoms with Crippen LogP contribution < -0.4 is 16.0 Å². The normalized spacial score (nSPS) is 12.5. The minimum Gasteiger partial charge on any atom is -0.357 e. The van der Waals surface area contributed by atoms with Gasteiger partial charge < -0.3 is 16.0 Å². The summed E-state index contributed by atoms with van der Waals surface area (Å²) in [6.45, 7) is 7.93. The number of nitrogens with zero attached hydrogens (tertiary/aromatic N) is 1. The smallest absolute Gasteiger partial charge is 0.224 e. The maximum absolute atomic E-state index is 13.2. The summed E-state index contributed by atoms with van der Waals surface area (Å²) < 4.78 is 13.2. The zero-order valence-corrected chi connectivity index (χ0v) is 17.5. The van der Waals surface area contributed by atoms with Crippen LogP contribution in [-0.2, 0) is 17.6 Å². The molecule has 0 fully saturated rings. The molecule has 0 aliphatic carbocycles. The summed E-state index contributed by atoms with van der Waals surface area (Å²) in [6, 6.07) is 10.6. The molecule has 0 bridgehead atoms. The van der Waals surface area contributed by atoms with E-state index < -0.39 is 0 Å². The molecule has 1 unspecified atom stereocenters. The van der Waals surface area contributed by atoms with Crippen LogP contribution >= 0.6 is 11.3 Å². The van der Waals surface area contributed by atoms with Crippen LogP contribution in [-0.4, -0.2) is 37.5 Å². The number of aliphatic imine (C=N–C) groups is 1. The van der Waals surface area contributed by atoms with Gasteiger partial charge in [-0.2, -0.15) is 0 Å². The van der Waals surface area contributed by atoms with Gasteiger partial charge in [0.2, 0.25) is 5.91 Å². The van der Waals surface area contributed by atoms with Crippen molar-refractivity contribution >= 4 is 23.2 Å². The van der Waals surface area contributed by atoms with Crippen molar-refractivity contribution in [2.75, 3.05) is 19.6 Å². The Kier molecular flexibility index (Phi) is 8.94. The molecule has 2 aromatic rings. The highest BCUT2D eigenvalue weighted by atomic mass is 32.1. The molecule has 0 aliphatic heterocycles. The van der Waals surface area contributed by atoms with Gasteiger partial charge in [0.1, 0.15) is 5.82 Å². The summed E-state index contributed by atoms with van der Waals surface area (Å²) in [5.74, 6) is 0.269. The predicted octanol–water partition coefficient (Wildman–Crippen LogP) is 3.04. The SMILES string of the molecule is CCNC(=NCCNC(=O)Cc1cccc(F)c1)NC(C)Cc1ccc(C)s1. The number of hydrogen-bond donors (Lipinski definition) is 3. The van der Waals surface area contributed by atoms with Gasteiger partial charge in [-0.25, -0.2) is 4.39 Å². The number of aryl methyl sites for hydroxylation is 1. The minimum absolute atomic E-state index is 0.139. The van der Waals surface area contributed by atoms with Crippen molar-refractivity contribution in [3.63, 3.8) is 0 Å². The average Bonchev–Trinajstić information content (AvgIpc) is 3.03. The van der Waals surface area contributed by atoms with Gasteiger partial charge >= 0.3 is 0 Å². The van der Waals surface area contributed by atoms with Gasteiger partial charge in [0.25, 0.3) is 0 Å². The number of carbonyl (C=O) groups excluding carboxylic acids is 1. The lowest BCUT2D eigenvalue weighted by Gasteiger charge is -2.17. The molecule has 1 atom stereocenters. The number of amides is 1. The fraction of sp³-hybridized carbons (Fsp3) is 0.429.